The molecule has 2 amide bonds. The van der Waals surface area contributed by atoms with E-state index in [9.17, 15) is 22.8 Å². The topological polar surface area (TPSA) is 93.2 Å². The summed E-state index contributed by atoms with van der Waals surface area (Å²) in [6, 6.07) is 4.91. The molecule has 0 spiro atoms. The van der Waals surface area contributed by atoms with Crippen molar-refractivity contribution in [2.75, 3.05) is 12.4 Å². The molecule has 0 aliphatic heterocycles. The Morgan fingerprint density at radius 2 is 2.00 bits per heavy atom. The summed E-state index contributed by atoms with van der Waals surface area (Å²) >= 11 is 0. The van der Waals surface area contributed by atoms with E-state index in [2.05, 4.69) is 20.6 Å². The molecule has 0 bridgehead atoms. The van der Waals surface area contributed by atoms with Gasteiger partial charge in [-0.3, -0.25) is 14.9 Å². The first-order valence-electron chi connectivity index (χ1n) is 8.44. The van der Waals surface area contributed by atoms with Gasteiger partial charge in [0.25, 0.3) is 5.91 Å². The zero-order valence-corrected chi connectivity index (χ0v) is 14.8. The summed E-state index contributed by atoms with van der Waals surface area (Å²) in [5.41, 5.74) is -0.775. The first kappa shape index (κ1) is 19.6. The molecule has 2 aromatic rings. The van der Waals surface area contributed by atoms with Crippen LogP contribution in [0.4, 0.5) is 19.1 Å². The molecule has 1 heterocycles. The summed E-state index contributed by atoms with van der Waals surface area (Å²) in [5, 5.41) is 5.02. The summed E-state index contributed by atoms with van der Waals surface area (Å²) in [5.74, 6) is -1.22. The zero-order chi connectivity index (χ0) is 20.3. The van der Waals surface area contributed by atoms with E-state index < -0.39 is 17.6 Å². The van der Waals surface area contributed by atoms with Crippen LogP contribution in [0.1, 0.15) is 34.5 Å². The van der Waals surface area contributed by atoms with Gasteiger partial charge in [-0.2, -0.15) is 13.2 Å². The van der Waals surface area contributed by atoms with Gasteiger partial charge in [0.05, 0.1) is 12.7 Å². The molecule has 7 nitrogen and oxygen atoms in total. The normalized spacial score (nSPS) is 13.7. The number of alkyl halides is 3. The maximum Gasteiger partial charge on any atom is 0.419 e. The molecule has 1 fully saturated rings. The van der Waals surface area contributed by atoms with E-state index in [1.807, 2.05) is 0 Å². The van der Waals surface area contributed by atoms with Crippen LogP contribution in [0.15, 0.2) is 30.5 Å². The van der Waals surface area contributed by atoms with Gasteiger partial charge in [0.2, 0.25) is 11.9 Å². The van der Waals surface area contributed by atoms with E-state index in [4.69, 9.17) is 4.74 Å². The fourth-order valence-electron chi connectivity index (χ4n) is 2.56. The predicted molar refractivity (Wildman–Crippen MR) is 92.6 cm³/mol. The molecule has 10 heteroatoms. The van der Waals surface area contributed by atoms with Gasteiger partial charge in [-0.25, -0.2) is 9.97 Å². The lowest BCUT2D eigenvalue weighted by Gasteiger charge is -2.16. The van der Waals surface area contributed by atoms with Crippen LogP contribution in [-0.4, -0.2) is 28.9 Å². The summed E-state index contributed by atoms with van der Waals surface area (Å²) in [7, 11) is 1.13. The van der Waals surface area contributed by atoms with Crippen molar-refractivity contribution < 1.29 is 27.5 Å². The number of amides is 2. The van der Waals surface area contributed by atoms with Crippen LogP contribution >= 0.6 is 0 Å². The second-order valence-electron chi connectivity index (χ2n) is 6.21. The van der Waals surface area contributed by atoms with E-state index in [1.54, 1.807) is 0 Å². The van der Waals surface area contributed by atoms with Crippen molar-refractivity contribution >= 4 is 17.8 Å². The second-order valence-corrected chi connectivity index (χ2v) is 6.21. The Bertz CT molecular complexity index is 898. The monoisotopic (exact) mass is 394 g/mol. The van der Waals surface area contributed by atoms with Gasteiger partial charge < -0.3 is 10.1 Å². The minimum atomic E-state index is -4.58. The molecule has 1 aromatic carbocycles. The van der Waals surface area contributed by atoms with E-state index >= 15 is 0 Å². The smallest absolute Gasteiger partial charge is 0.419 e. The maximum atomic E-state index is 13.1. The molecule has 0 saturated heterocycles. The molecule has 3 rings (SSSR count). The second kappa shape index (κ2) is 7.83. The summed E-state index contributed by atoms with van der Waals surface area (Å²) in [6.45, 7) is -0.195. The predicted octanol–water partition coefficient (Wildman–Crippen LogP) is 2.78. The summed E-state index contributed by atoms with van der Waals surface area (Å²) in [6.07, 6.45) is -1.64. The Kier molecular flexibility index (Phi) is 5.48. The molecule has 1 saturated carbocycles. The van der Waals surface area contributed by atoms with Crippen molar-refractivity contribution in [1.82, 2.24) is 15.3 Å². The fraction of sp³-hybridized carbons (Fsp3) is 0.333. The van der Waals surface area contributed by atoms with Gasteiger partial charge in [0, 0.05) is 24.2 Å². The Balaban J connectivity index is 1.70. The Morgan fingerprint density at radius 1 is 1.25 bits per heavy atom. The lowest BCUT2D eigenvalue weighted by atomic mass is 10.1. The van der Waals surface area contributed by atoms with Crippen molar-refractivity contribution in [3.63, 3.8) is 0 Å². The molecule has 1 aliphatic rings. The van der Waals surface area contributed by atoms with Crippen molar-refractivity contribution in [3.05, 3.63) is 47.3 Å². The standard InChI is InChI=1S/C18H17F3N4O3/c1-28-14-11(3-2-4-12(14)18(19,20)21)9-23-16(27)13-7-8-22-17(24-13)25-15(26)10-5-6-10/h2-4,7-8,10H,5-6,9H2,1H3,(H,23,27)(H,22,24,25,26). The lowest BCUT2D eigenvalue weighted by Crippen LogP contribution is -2.25. The third-order valence-corrected chi connectivity index (χ3v) is 4.12. The molecule has 1 aliphatic carbocycles. The van der Waals surface area contributed by atoms with Gasteiger partial charge in [0.15, 0.2) is 0 Å². The Morgan fingerprint density at radius 3 is 2.64 bits per heavy atom. The fourth-order valence-corrected chi connectivity index (χ4v) is 2.56. The number of methoxy groups -OCH3 is 1. The first-order chi connectivity index (χ1) is 13.3. The van der Waals surface area contributed by atoms with Crippen molar-refractivity contribution in [1.29, 1.82) is 0 Å². The molecule has 1 aromatic heterocycles. The molecule has 0 radical (unpaired) electrons. The quantitative estimate of drug-likeness (QED) is 0.786. The molecule has 2 N–H and O–H groups in total. The number of nitrogens with zero attached hydrogens (tertiary/aromatic N) is 2. The van der Waals surface area contributed by atoms with Crippen LogP contribution < -0.4 is 15.4 Å². The Hall–Kier alpha value is -3.17. The lowest BCUT2D eigenvalue weighted by molar-refractivity contribution is -0.138. The summed E-state index contributed by atoms with van der Waals surface area (Å²) in [4.78, 5) is 31.9. The van der Waals surface area contributed by atoms with Crippen LogP contribution in [-0.2, 0) is 17.5 Å². The van der Waals surface area contributed by atoms with Crippen LogP contribution in [0.25, 0.3) is 0 Å². The number of carbonyl (C=O) groups is 2. The van der Waals surface area contributed by atoms with Crippen LogP contribution in [0.3, 0.4) is 0 Å². The van der Waals surface area contributed by atoms with Gasteiger partial charge in [-0.15, -0.1) is 0 Å². The van der Waals surface area contributed by atoms with Crippen molar-refractivity contribution in [2.45, 2.75) is 25.6 Å². The minimum absolute atomic E-state index is 0.00111. The number of nitrogens with one attached hydrogen (secondary N) is 2. The highest BCUT2D eigenvalue weighted by atomic mass is 19.4. The third kappa shape index (κ3) is 4.56. The van der Waals surface area contributed by atoms with Crippen molar-refractivity contribution in [2.24, 2.45) is 5.92 Å². The van der Waals surface area contributed by atoms with E-state index in [0.717, 1.165) is 26.0 Å². The average molecular weight is 394 g/mol. The largest absolute Gasteiger partial charge is 0.496 e. The van der Waals surface area contributed by atoms with Gasteiger partial charge in [0.1, 0.15) is 11.4 Å². The molecule has 0 atom stereocenters. The van der Waals surface area contributed by atoms with Gasteiger partial charge in [-0.1, -0.05) is 12.1 Å². The highest BCUT2D eigenvalue weighted by Crippen LogP contribution is 2.38. The van der Waals surface area contributed by atoms with E-state index in [1.165, 1.54) is 24.4 Å². The average Bonchev–Trinajstić information content (AvgIpc) is 3.50. The summed E-state index contributed by atoms with van der Waals surface area (Å²) < 4.78 is 44.1. The number of halogens is 3. The minimum Gasteiger partial charge on any atom is -0.496 e. The number of anilines is 1. The maximum absolute atomic E-state index is 13.1. The molecule has 28 heavy (non-hydrogen) atoms. The van der Waals surface area contributed by atoms with Crippen LogP contribution in [0, 0.1) is 5.92 Å². The van der Waals surface area contributed by atoms with Crippen molar-refractivity contribution in [3.8, 4) is 5.75 Å². The number of benzene rings is 1. The van der Waals surface area contributed by atoms with Gasteiger partial charge >= 0.3 is 6.18 Å². The van der Waals surface area contributed by atoms with E-state index in [-0.39, 0.29) is 41.3 Å². The van der Waals surface area contributed by atoms with E-state index in [0.29, 0.717) is 0 Å². The van der Waals surface area contributed by atoms with Gasteiger partial charge in [-0.05, 0) is 25.0 Å². The third-order valence-electron chi connectivity index (χ3n) is 4.12. The molecule has 148 valence electrons. The Labute approximate surface area is 158 Å². The molecular weight excluding hydrogens is 377 g/mol. The highest BCUT2D eigenvalue weighted by molar-refractivity contribution is 5.94. The first-order valence-corrected chi connectivity index (χ1v) is 8.44. The number of hydrogen-bond acceptors (Lipinski definition) is 5. The number of para-hydroxylation sites is 1. The van der Waals surface area contributed by atoms with Crippen LogP contribution in [0.5, 0.6) is 5.75 Å². The highest BCUT2D eigenvalue weighted by Gasteiger charge is 2.35. The number of ether oxygens (including phenoxy) is 1. The SMILES string of the molecule is COc1c(CNC(=O)c2ccnc(NC(=O)C3CC3)n2)cccc1C(F)(F)F. The zero-order valence-electron chi connectivity index (χ0n) is 14.8. The number of carbonyl (C=O) groups excluding carboxylic acids is 2. The van der Waals surface area contributed by atoms with Crippen LogP contribution in [0.2, 0.25) is 0 Å². The number of rotatable bonds is 6. The molecular formula is C18H17F3N4O3. The number of hydrogen-bond donors (Lipinski definition) is 2. The molecule has 0 unspecified atom stereocenters. The number of aromatic nitrogens is 2.